The van der Waals surface area contributed by atoms with Crippen molar-refractivity contribution in [3.8, 4) is 23.1 Å². The molecule has 1 amide bonds. The summed E-state index contributed by atoms with van der Waals surface area (Å²) < 4.78 is 57.1. The number of alkyl halides is 3. The lowest BCUT2D eigenvalue weighted by molar-refractivity contribution is -0.137. The highest BCUT2D eigenvalue weighted by atomic mass is 127. The lowest BCUT2D eigenvalue weighted by atomic mass is 10.1. The summed E-state index contributed by atoms with van der Waals surface area (Å²) >= 11 is 8.87. The van der Waals surface area contributed by atoms with Gasteiger partial charge in [-0.2, -0.15) is 13.2 Å². The van der Waals surface area contributed by atoms with E-state index in [4.69, 9.17) is 25.8 Å². The third-order valence-corrected chi connectivity index (χ3v) is 9.86. The molecule has 0 spiro atoms. The van der Waals surface area contributed by atoms with E-state index in [0.717, 1.165) is 55.1 Å². The summed E-state index contributed by atoms with van der Waals surface area (Å²) in [7, 11) is 0. The summed E-state index contributed by atoms with van der Waals surface area (Å²) in [6.45, 7) is 6.29. The average Bonchev–Trinajstić information content (AvgIpc) is 3.16. The van der Waals surface area contributed by atoms with Gasteiger partial charge in [0.25, 0.3) is 0 Å². The minimum atomic E-state index is -4.39. The van der Waals surface area contributed by atoms with Crippen LogP contribution in [0.1, 0.15) is 33.4 Å². The molecule has 0 saturated carbocycles. The largest absolute Gasteiger partial charge is 0.493 e. The molecule has 1 saturated heterocycles. The molecule has 1 fully saturated rings. The first kappa shape index (κ1) is 41.9. The molecule has 4 aromatic carbocycles. The number of aryl methyl sites for hydroxylation is 1. The molecule has 2 heterocycles. The van der Waals surface area contributed by atoms with Gasteiger partial charge in [-0.05, 0) is 118 Å². The molecule has 288 valence electrons. The van der Waals surface area contributed by atoms with Gasteiger partial charge in [0.2, 0.25) is 11.8 Å². The fourth-order valence-corrected chi connectivity index (χ4v) is 6.52. The monoisotopic (exact) mass is 903 g/mol. The van der Waals surface area contributed by atoms with Crippen molar-refractivity contribution in [3.63, 3.8) is 0 Å². The van der Waals surface area contributed by atoms with Gasteiger partial charge in [0.05, 0.1) is 23.4 Å². The number of hydrogen-bond acceptors (Lipinski definition) is 6. The van der Waals surface area contributed by atoms with Crippen LogP contribution >= 0.6 is 46.6 Å². The van der Waals surface area contributed by atoms with Gasteiger partial charge in [-0.25, -0.2) is 4.98 Å². The predicted octanol–water partition coefficient (Wildman–Crippen LogP) is 10.4. The maximum absolute atomic E-state index is 13.0. The number of ether oxygens (including phenoxy) is 3. The van der Waals surface area contributed by atoms with E-state index in [2.05, 4.69) is 56.7 Å². The van der Waals surface area contributed by atoms with Crippen molar-refractivity contribution in [1.29, 1.82) is 0 Å². The maximum Gasteiger partial charge on any atom is 0.416 e. The van der Waals surface area contributed by atoms with Crippen molar-refractivity contribution in [2.24, 2.45) is 0 Å². The second kappa shape index (κ2) is 19.5. The standard InChI is InChI=1S/C42H38ClF3IN3O4.ClH/c1-29-24-33(25-38(43)41(29)54-39-16-15-37(26-48-39)53-28-32-6-9-34(10-7-32)42(44,45)46)8-17-40(51)50-21-19-49(20-22-50)27-31-4-2-30(3-5-31)18-23-52-36-13-11-35(47)12-14-36;/h2-17,24-26H,18-23,27-28H2,1H3;1H. The van der Waals surface area contributed by atoms with E-state index in [0.29, 0.717) is 41.8 Å². The molecule has 0 bridgehead atoms. The Morgan fingerprint density at radius 2 is 1.51 bits per heavy atom. The number of aromatic nitrogens is 1. The molecule has 0 atom stereocenters. The summed E-state index contributed by atoms with van der Waals surface area (Å²) in [5.74, 6) is 1.98. The van der Waals surface area contributed by atoms with Crippen LogP contribution in [0.5, 0.6) is 23.1 Å². The Labute approximate surface area is 343 Å². The molecular formula is C42H39Cl2F3IN3O4. The molecule has 1 aromatic heterocycles. The molecule has 0 N–H and O–H groups in total. The van der Waals surface area contributed by atoms with E-state index < -0.39 is 11.7 Å². The Balaban J connectivity index is 0.00000580. The van der Waals surface area contributed by atoms with Crippen LogP contribution in [-0.4, -0.2) is 53.5 Å². The molecule has 1 aliphatic rings. The number of rotatable bonds is 13. The van der Waals surface area contributed by atoms with Crippen LogP contribution in [-0.2, 0) is 30.5 Å². The van der Waals surface area contributed by atoms with Crippen molar-refractivity contribution in [2.45, 2.75) is 32.7 Å². The number of carbonyl (C=O) groups excluding carboxylic acids is 1. The van der Waals surface area contributed by atoms with E-state index in [9.17, 15) is 18.0 Å². The van der Waals surface area contributed by atoms with Gasteiger partial charge < -0.3 is 19.1 Å². The van der Waals surface area contributed by atoms with Gasteiger partial charge in [0.1, 0.15) is 18.1 Å². The van der Waals surface area contributed by atoms with E-state index in [1.54, 1.807) is 30.4 Å². The van der Waals surface area contributed by atoms with Crippen LogP contribution in [0, 0.1) is 10.5 Å². The minimum absolute atomic E-state index is 0. The van der Waals surface area contributed by atoms with Crippen LogP contribution in [0.25, 0.3) is 6.08 Å². The van der Waals surface area contributed by atoms with Crippen molar-refractivity contribution in [1.82, 2.24) is 14.8 Å². The van der Waals surface area contributed by atoms with Gasteiger partial charge >= 0.3 is 6.18 Å². The molecule has 0 radical (unpaired) electrons. The topological polar surface area (TPSA) is 64.1 Å². The number of carbonyl (C=O) groups is 1. The number of amides is 1. The first-order valence-electron chi connectivity index (χ1n) is 17.4. The maximum atomic E-state index is 13.0. The van der Waals surface area contributed by atoms with Crippen LogP contribution in [0.2, 0.25) is 5.02 Å². The minimum Gasteiger partial charge on any atom is -0.493 e. The Morgan fingerprint density at radius 1 is 0.855 bits per heavy atom. The van der Waals surface area contributed by atoms with Gasteiger partial charge in [-0.15, -0.1) is 12.4 Å². The Bertz CT molecular complexity index is 2020. The first-order chi connectivity index (χ1) is 26.0. The Morgan fingerprint density at radius 3 is 2.15 bits per heavy atom. The van der Waals surface area contributed by atoms with Crippen molar-refractivity contribution in [2.75, 3.05) is 32.8 Å². The smallest absolute Gasteiger partial charge is 0.416 e. The quantitative estimate of drug-likeness (QED) is 0.0867. The average molecular weight is 905 g/mol. The number of benzene rings is 4. The molecule has 0 unspecified atom stereocenters. The van der Waals surface area contributed by atoms with Crippen LogP contribution < -0.4 is 14.2 Å². The van der Waals surface area contributed by atoms with Crippen molar-refractivity contribution >= 4 is 58.6 Å². The summed E-state index contributed by atoms with van der Waals surface area (Å²) in [5, 5.41) is 0.364. The summed E-state index contributed by atoms with van der Waals surface area (Å²) in [6, 6.07) is 28.4. The number of nitrogens with zero attached hydrogens (tertiary/aromatic N) is 3. The van der Waals surface area contributed by atoms with Gasteiger partial charge in [-0.1, -0.05) is 48.0 Å². The number of pyridine rings is 1. The van der Waals surface area contributed by atoms with Gasteiger partial charge in [0.15, 0.2) is 5.75 Å². The fourth-order valence-electron chi connectivity index (χ4n) is 5.84. The zero-order valence-corrected chi connectivity index (χ0v) is 33.6. The zero-order chi connectivity index (χ0) is 38.1. The molecule has 7 nitrogen and oxygen atoms in total. The Kier molecular flexibility index (Phi) is 14.9. The number of piperazine rings is 1. The predicted molar refractivity (Wildman–Crippen MR) is 219 cm³/mol. The molecule has 0 aliphatic carbocycles. The summed E-state index contributed by atoms with van der Waals surface area (Å²) in [5.41, 5.74) is 3.89. The molecule has 5 aromatic rings. The summed E-state index contributed by atoms with van der Waals surface area (Å²) in [4.78, 5) is 21.5. The molecule has 13 heteroatoms. The summed E-state index contributed by atoms with van der Waals surface area (Å²) in [6.07, 6.45) is 1.26. The lowest BCUT2D eigenvalue weighted by Crippen LogP contribution is -2.47. The highest BCUT2D eigenvalue weighted by Gasteiger charge is 2.30. The lowest BCUT2D eigenvalue weighted by Gasteiger charge is -2.34. The number of halogens is 6. The highest BCUT2D eigenvalue weighted by molar-refractivity contribution is 14.1. The normalized spacial score (nSPS) is 13.4. The van der Waals surface area contributed by atoms with Crippen LogP contribution in [0.4, 0.5) is 13.2 Å². The van der Waals surface area contributed by atoms with E-state index >= 15 is 0 Å². The van der Waals surface area contributed by atoms with Gasteiger partial charge in [0, 0.05) is 54.9 Å². The zero-order valence-electron chi connectivity index (χ0n) is 29.9. The van der Waals surface area contributed by atoms with Crippen molar-refractivity contribution < 1.29 is 32.2 Å². The third-order valence-electron chi connectivity index (χ3n) is 8.86. The molecule has 1 aliphatic heterocycles. The van der Waals surface area contributed by atoms with Crippen LogP contribution in [0.15, 0.2) is 109 Å². The van der Waals surface area contributed by atoms with E-state index in [-0.39, 0.29) is 30.8 Å². The molecule has 6 rings (SSSR count). The van der Waals surface area contributed by atoms with Gasteiger partial charge in [-0.3, -0.25) is 9.69 Å². The number of hydrogen-bond donors (Lipinski definition) is 0. The van der Waals surface area contributed by atoms with Crippen molar-refractivity contribution in [3.05, 3.63) is 151 Å². The third kappa shape index (κ3) is 12.3. The molecular weight excluding hydrogens is 865 g/mol. The van der Waals surface area contributed by atoms with E-state index in [1.807, 2.05) is 42.2 Å². The van der Waals surface area contributed by atoms with Crippen LogP contribution in [0.3, 0.4) is 0 Å². The fraction of sp³-hybridized carbons (Fsp3) is 0.238. The highest BCUT2D eigenvalue weighted by Crippen LogP contribution is 2.34. The second-order valence-corrected chi connectivity index (χ2v) is 14.5. The second-order valence-electron chi connectivity index (χ2n) is 12.9. The first-order valence-corrected chi connectivity index (χ1v) is 18.8. The SMILES string of the molecule is Cc1cc(C=CC(=O)N2CCN(Cc3ccc(CCOc4ccc(I)cc4)cc3)CC2)cc(Cl)c1Oc1ccc(OCc2ccc(C(F)(F)F)cc2)cn1.Cl. The Hall–Kier alpha value is -4.30. The molecule has 55 heavy (non-hydrogen) atoms. The van der Waals surface area contributed by atoms with E-state index in [1.165, 1.54) is 33.0 Å².